The molecule has 2 N–H and O–H groups in total. The zero-order chi connectivity index (χ0) is 6.85. The van der Waals surface area contributed by atoms with Crippen LogP contribution >= 0.6 is 15.9 Å². The molecule has 1 aromatic rings. The molecule has 0 spiro atoms. The number of hydrogen-bond donors (Lipinski definition) is 1. The highest BCUT2D eigenvalue weighted by molar-refractivity contribution is 9.10. The lowest BCUT2D eigenvalue weighted by Gasteiger charge is -1.96. The first-order valence-corrected chi connectivity index (χ1v) is 3.38. The van der Waals surface area contributed by atoms with Crippen LogP contribution in [0.4, 0.5) is 5.69 Å². The summed E-state index contributed by atoms with van der Waals surface area (Å²) in [5.41, 5.74) is 7.10. The van der Waals surface area contributed by atoms with Crippen molar-refractivity contribution < 1.29 is 0 Å². The van der Waals surface area contributed by atoms with Crippen molar-refractivity contribution in [1.82, 2.24) is 4.98 Å². The molecule has 0 saturated carbocycles. The summed E-state index contributed by atoms with van der Waals surface area (Å²) in [6, 6.07) is 3.65. The fraction of sp³-hybridized carbons (Fsp3) is 0. The normalized spacial score (nSPS) is 9.44. The SMILES string of the molecule is Bc1nc(Br)ccc1N. The molecule has 0 aliphatic rings. The van der Waals surface area contributed by atoms with Gasteiger partial charge in [-0.05, 0) is 28.1 Å². The van der Waals surface area contributed by atoms with E-state index < -0.39 is 0 Å². The Morgan fingerprint density at radius 1 is 1.56 bits per heavy atom. The average molecular weight is 185 g/mol. The number of nitrogen functional groups attached to an aromatic ring is 1. The fourth-order valence-electron chi connectivity index (χ4n) is 0.541. The van der Waals surface area contributed by atoms with Gasteiger partial charge in [-0.25, -0.2) is 0 Å². The molecule has 0 fully saturated rings. The Labute approximate surface area is 63.0 Å². The third kappa shape index (κ3) is 1.45. The molecule has 0 bridgehead atoms. The van der Waals surface area contributed by atoms with E-state index in [-0.39, 0.29) is 0 Å². The van der Waals surface area contributed by atoms with Crippen molar-refractivity contribution in [3.63, 3.8) is 0 Å². The molecule has 4 heteroatoms. The molecule has 0 amide bonds. The van der Waals surface area contributed by atoms with Gasteiger partial charge < -0.3 is 5.73 Å². The van der Waals surface area contributed by atoms with Gasteiger partial charge in [0.15, 0.2) is 7.85 Å². The number of halogens is 1. The molecule has 0 atom stereocenters. The minimum Gasteiger partial charge on any atom is -0.398 e. The number of nitrogens with two attached hydrogens (primary N) is 1. The summed E-state index contributed by atoms with van der Waals surface area (Å²) in [6.07, 6.45) is 0. The van der Waals surface area contributed by atoms with Crippen LogP contribution in [0.25, 0.3) is 0 Å². The van der Waals surface area contributed by atoms with E-state index in [0.29, 0.717) is 0 Å². The van der Waals surface area contributed by atoms with Crippen molar-refractivity contribution in [2.45, 2.75) is 0 Å². The maximum Gasteiger partial charge on any atom is 0.166 e. The highest BCUT2D eigenvalue weighted by Gasteiger charge is 1.92. The molecule has 9 heavy (non-hydrogen) atoms. The lowest BCUT2D eigenvalue weighted by Crippen LogP contribution is -2.13. The standard InChI is InChI=1S/C5H6BBrN2/c6-5-3(8)1-2-4(7)9-5/h1-2H,6,8H2. The Kier molecular flexibility index (Phi) is 1.76. The number of rotatable bonds is 0. The summed E-state index contributed by atoms with van der Waals surface area (Å²) in [4.78, 5) is 4.06. The predicted octanol–water partition coefficient (Wildman–Crippen LogP) is -0.315. The zero-order valence-electron chi connectivity index (χ0n) is 5.06. The lowest BCUT2D eigenvalue weighted by atomic mass is 10.0. The summed E-state index contributed by atoms with van der Waals surface area (Å²) in [7, 11) is 1.88. The molecular weight excluding hydrogens is 179 g/mol. The highest BCUT2D eigenvalue weighted by atomic mass is 79.9. The lowest BCUT2D eigenvalue weighted by molar-refractivity contribution is 1.33. The van der Waals surface area contributed by atoms with Crippen LogP contribution < -0.4 is 11.3 Å². The number of nitrogens with zero attached hydrogens (tertiary/aromatic N) is 1. The summed E-state index contributed by atoms with van der Waals surface area (Å²) < 4.78 is 0.828. The molecule has 0 aromatic carbocycles. The molecule has 0 aliphatic carbocycles. The number of anilines is 1. The van der Waals surface area contributed by atoms with E-state index in [1.165, 1.54) is 0 Å². The fourth-order valence-corrected chi connectivity index (χ4v) is 0.939. The molecule has 2 nitrogen and oxygen atoms in total. The topological polar surface area (TPSA) is 38.9 Å². The van der Waals surface area contributed by atoms with Gasteiger partial charge in [0.2, 0.25) is 0 Å². The van der Waals surface area contributed by atoms with Gasteiger partial charge in [0.1, 0.15) is 4.60 Å². The van der Waals surface area contributed by atoms with Crippen LogP contribution in [0, 0.1) is 0 Å². The molecule has 1 rings (SSSR count). The zero-order valence-corrected chi connectivity index (χ0v) is 6.64. The Morgan fingerprint density at radius 3 is 2.67 bits per heavy atom. The molecule has 1 heterocycles. The van der Waals surface area contributed by atoms with E-state index in [1.807, 2.05) is 20.0 Å². The van der Waals surface area contributed by atoms with Gasteiger partial charge in [-0.2, -0.15) is 0 Å². The summed E-state index contributed by atoms with van der Waals surface area (Å²) in [5, 5.41) is 0. The smallest absolute Gasteiger partial charge is 0.166 e. The van der Waals surface area contributed by atoms with Crippen LogP contribution in [0.2, 0.25) is 0 Å². The Balaban J connectivity index is 3.17. The van der Waals surface area contributed by atoms with Gasteiger partial charge in [-0.3, -0.25) is 4.98 Å². The van der Waals surface area contributed by atoms with Crippen LogP contribution in [-0.2, 0) is 0 Å². The van der Waals surface area contributed by atoms with Crippen molar-refractivity contribution in [1.29, 1.82) is 0 Å². The van der Waals surface area contributed by atoms with Gasteiger partial charge in [-0.1, -0.05) is 0 Å². The van der Waals surface area contributed by atoms with Gasteiger partial charge >= 0.3 is 0 Å². The third-order valence-corrected chi connectivity index (χ3v) is 1.53. The molecule has 1 aromatic heterocycles. The van der Waals surface area contributed by atoms with Crippen molar-refractivity contribution in [3.05, 3.63) is 16.7 Å². The van der Waals surface area contributed by atoms with Gasteiger partial charge in [0.05, 0.1) is 0 Å². The van der Waals surface area contributed by atoms with E-state index in [9.17, 15) is 0 Å². The van der Waals surface area contributed by atoms with Crippen molar-refractivity contribution >= 4 is 35.1 Å². The molecule has 0 radical (unpaired) electrons. The van der Waals surface area contributed by atoms with E-state index in [0.717, 1.165) is 15.9 Å². The largest absolute Gasteiger partial charge is 0.398 e. The minimum absolute atomic E-state index is 0.734. The average Bonchev–Trinajstić information content (AvgIpc) is 1.80. The van der Waals surface area contributed by atoms with E-state index in [4.69, 9.17) is 5.73 Å². The minimum atomic E-state index is 0.734. The first-order valence-electron chi connectivity index (χ1n) is 2.59. The Morgan fingerprint density at radius 2 is 2.22 bits per heavy atom. The Bertz CT molecular complexity index is 226. The molecule has 0 aliphatic heterocycles. The molecular formula is C5H6BBrN2. The van der Waals surface area contributed by atoms with Gasteiger partial charge in [0, 0.05) is 11.3 Å². The third-order valence-electron chi connectivity index (χ3n) is 1.09. The predicted molar refractivity (Wildman–Crippen MR) is 44.5 cm³/mol. The number of aromatic nitrogens is 1. The monoisotopic (exact) mass is 184 g/mol. The molecule has 0 saturated heterocycles. The number of hydrogen-bond acceptors (Lipinski definition) is 2. The van der Waals surface area contributed by atoms with Gasteiger partial charge in [-0.15, -0.1) is 0 Å². The summed E-state index contributed by atoms with van der Waals surface area (Å²) in [6.45, 7) is 0. The highest BCUT2D eigenvalue weighted by Crippen LogP contribution is 2.03. The van der Waals surface area contributed by atoms with E-state index in [2.05, 4.69) is 20.9 Å². The maximum atomic E-state index is 5.51. The molecule has 0 unspecified atom stereocenters. The van der Waals surface area contributed by atoms with Crippen LogP contribution in [0.15, 0.2) is 16.7 Å². The van der Waals surface area contributed by atoms with Gasteiger partial charge in [0.25, 0.3) is 0 Å². The second-order valence-electron chi connectivity index (χ2n) is 1.81. The second kappa shape index (κ2) is 2.39. The first-order chi connectivity index (χ1) is 4.20. The molecule has 46 valence electrons. The van der Waals surface area contributed by atoms with Crippen LogP contribution in [0.1, 0.15) is 0 Å². The van der Waals surface area contributed by atoms with Crippen LogP contribution in [-0.4, -0.2) is 12.8 Å². The summed E-state index contributed by atoms with van der Waals surface area (Å²) in [5.74, 6) is 0. The van der Waals surface area contributed by atoms with Crippen molar-refractivity contribution in [3.8, 4) is 0 Å². The van der Waals surface area contributed by atoms with Crippen LogP contribution in [0.5, 0.6) is 0 Å². The van der Waals surface area contributed by atoms with Crippen LogP contribution in [0.3, 0.4) is 0 Å². The first kappa shape index (κ1) is 6.61. The summed E-state index contributed by atoms with van der Waals surface area (Å²) >= 11 is 3.23. The number of pyridine rings is 1. The Hall–Kier alpha value is -0.505. The quantitative estimate of drug-likeness (QED) is 0.444. The van der Waals surface area contributed by atoms with E-state index in [1.54, 1.807) is 0 Å². The van der Waals surface area contributed by atoms with Crippen molar-refractivity contribution in [2.75, 3.05) is 5.73 Å². The maximum absolute atomic E-state index is 5.51. The van der Waals surface area contributed by atoms with Crippen molar-refractivity contribution in [2.24, 2.45) is 0 Å². The van der Waals surface area contributed by atoms with E-state index >= 15 is 0 Å². The second-order valence-corrected chi connectivity index (χ2v) is 2.62.